The van der Waals surface area contributed by atoms with Gasteiger partial charge in [0.2, 0.25) is 0 Å². The molecule has 3 rings (SSSR count). The molecule has 0 atom stereocenters. The van der Waals surface area contributed by atoms with Crippen molar-refractivity contribution in [2.24, 2.45) is 0 Å². The minimum absolute atomic E-state index is 0. The van der Waals surface area contributed by atoms with Gasteiger partial charge in [-0.05, 0) is 19.4 Å². The van der Waals surface area contributed by atoms with Crippen molar-refractivity contribution >= 4 is 28.5 Å². The highest BCUT2D eigenvalue weighted by atomic mass is 35.5. The molecule has 6 nitrogen and oxygen atoms in total. The fraction of sp³-hybridized carbons (Fsp3) is 0.353. The van der Waals surface area contributed by atoms with Gasteiger partial charge in [0.1, 0.15) is 17.7 Å². The Balaban J connectivity index is 0.00000225. The molecule has 0 fully saturated rings. The zero-order valence-corrected chi connectivity index (χ0v) is 14.5. The SMILES string of the molecule is CCCCN(CC)C(=O)c1cc(-c2ncnc3[nH]cc(Cl)c23)c[nH]1.[HH]. The van der Waals surface area contributed by atoms with Gasteiger partial charge in [-0.1, -0.05) is 24.9 Å². The highest BCUT2D eigenvalue weighted by Crippen LogP contribution is 2.31. The molecule has 0 aromatic carbocycles. The van der Waals surface area contributed by atoms with E-state index in [0.717, 1.165) is 30.3 Å². The van der Waals surface area contributed by atoms with Crippen LogP contribution >= 0.6 is 11.6 Å². The number of aromatic nitrogens is 4. The Kier molecular flexibility index (Phi) is 4.85. The van der Waals surface area contributed by atoms with Crippen LogP contribution in [0.5, 0.6) is 0 Å². The molecule has 3 heterocycles. The number of unbranched alkanes of at least 4 members (excludes halogenated alkanes) is 1. The fourth-order valence-electron chi connectivity index (χ4n) is 2.72. The number of carbonyl (C=O) groups is 1. The number of rotatable bonds is 6. The van der Waals surface area contributed by atoms with Crippen LogP contribution in [-0.4, -0.2) is 43.8 Å². The molecule has 0 aliphatic heterocycles. The molecule has 0 aliphatic rings. The van der Waals surface area contributed by atoms with Gasteiger partial charge in [0.15, 0.2) is 0 Å². The molecule has 1 amide bonds. The summed E-state index contributed by atoms with van der Waals surface area (Å²) in [7, 11) is 0. The lowest BCUT2D eigenvalue weighted by molar-refractivity contribution is 0.0757. The third-order valence-electron chi connectivity index (χ3n) is 4.06. The fourth-order valence-corrected chi connectivity index (χ4v) is 2.95. The molecule has 128 valence electrons. The summed E-state index contributed by atoms with van der Waals surface area (Å²) in [6.07, 6.45) is 7.01. The molecular weight excluding hydrogens is 326 g/mol. The van der Waals surface area contributed by atoms with Crippen molar-refractivity contribution in [1.82, 2.24) is 24.8 Å². The summed E-state index contributed by atoms with van der Waals surface area (Å²) in [5.41, 5.74) is 2.76. The maximum atomic E-state index is 12.6. The maximum Gasteiger partial charge on any atom is 0.270 e. The Hall–Kier alpha value is -2.34. The zero-order valence-electron chi connectivity index (χ0n) is 13.8. The number of aromatic amines is 2. The third-order valence-corrected chi connectivity index (χ3v) is 4.36. The van der Waals surface area contributed by atoms with Crippen LogP contribution in [0.4, 0.5) is 0 Å². The van der Waals surface area contributed by atoms with Gasteiger partial charge < -0.3 is 14.9 Å². The molecule has 0 unspecified atom stereocenters. The number of hydrogen-bond acceptors (Lipinski definition) is 3. The lowest BCUT2D eigenvalue weighted by Gasteiger charge is -2.19. The van der Waals surface area contributed by atoms with Crippen LogP contribution in [0.3, 0.4) is 0 Å². The first kappa shape index (κ1) is 16.5. The van der Waals surface area contributed by atoms with E-state index in [-0.39, 0.29) is 7.33 Å². The normalized spacial score (nSPS) is 11.1. The summed E-state index contributed by atoms with van der Waals surface area (Å²) < 4.78 is 0. The molecule has 0 saturated carbocycles. The monoisotopic (exact) mass is 347 g/mol. The highest BCUT2D eigenvalue weighted by Gasteiger charge is 2.18. The molecule has 7 heteroatoms. The minimum atomic E-state index is 0. The number of fused-ring (bicyclic) bond motifs is 1. The topological polar surface area (TPSA) is 77.7 Å². The summed E-state index contributed by atoms with van der Waals surface area (Å²) in [5.74, 6) is 0.00247. The number of H-pyrrole nitrogens is 2. The molecule has 0 bridgehead atoms. The van der Waals surface area contributed by atoms with E-state index in [2.05, 4.69) is 26.9 Å². The van der Waals surface area contributed by atoms with Crippen molar-refractivity contribution in [3.8, 4) is 11.3 Å². The van der Waals surface area contributed by atoms with E-state index in [1.807, 2.05) is 17.9 Å². The van der Waals surface area contributed by atoms with Gasteiger partial charge >= 0.3 is 0 Å². The van der Waals surface area contributed by atoms with E-state index in [4.69, 9.17) is 11.6 Å². The van der Waals surface area contributed by atoms with E-state index in [1.54, 1.807) is 12.4 Å². The summed E-state index contributed by atoms with van der Waals surface area (Å²) in [4.78, 5) is 29.1. The van der Waals surface area contributed by atoms with Crippen LogP contribution in [0.1, 0.15) is 38.6 Å². The van der Waals surface area contributed by atoms with E-state index in [9.17, 15) is 4.79 Å². The van der Waals surface area contributed by atoms with Gasteiger partial charge in [0.05, 0.1) is 16.1 Å². The third kappa shape index (κ3) is 3.01. The van der Waals surface area contributed by atoms with Gasteiger partial charge in [-0.2, -0.15) is 0 Å². The lowest BCUT2D eigenvalue weighted by atomic mass is 10.1. The second-order valence-corrected chi connectivity index (χ2v) is 6.03. The van der Waals surface area contributed by atoms with Gasteiger partial charge in [-0.25, -0.2) is 9.97 Å². The minimum Gasteiger partial charge on any atom is -0.357 e. The maximum absolute atomic E-state index is 12.6. The van der Waals surface area contributed by atoms with Crippen molar-refractivity contribution in [3.05, 3.63) is 35.5 Å². The van der Waals surface area contributed by atoms with E-state index < -0.39 is 0 Å². The Morgan fingerprint density at radius 1 is 1.29 bits per heavy atom. The van der Waals surface area contributed by atoms with Crippen LogP contribution in [0.15, 0.2) is 24.8 Å². The number of amides is 1. The molecule has 0 saturated heterocycles. The molecule has 0 radical (unpaired) electrons. The summed E-state index contributed by atoms with van der Waals surface area (Å²) in [6, 6.07) is 1.82. The summed E-state index contributed by atoms with van der Waals surface area (Å²) in [6.45, 7) is 5.56. The summed E-state index contributed by atoms with van der Waals surface area (Å²) >= 11 is 6.23. The van der Waals surface area contributed by atoms with Crippen LogP contribution in [0, 0.1) is 0 Å². The Morgan fingerprint density at radius 2 is 2.12 bits per heavy atom. The smallest absolute Gasteiger partial charge is 0.270 e. The molecule has 3 aromatic heterocycles. The quantitative estimate of drug-likeness (QED) is 0.704. The standard InChI is InChI=1S/C17H20ClN5O.H2/c1-3-5-6-23(4-2)17(24)13-7-11(8-19-13)15-14-12(18)9-20-16(14)22-10-21-15;/h7-10,19H,3-6H2,1-2H3,(H,20,21,22);1H. The number of halogens is 1. The van der Waals surface area contributed by atoms with Gasteiger partial charge in [0, 0.05) is 32.5 Å². The molecule has 24 heavy (non-hydrogen) atoms. The largest absolute Gasteiger partial charge is 0.357 e. The van der Waals surface area contributed by atoms with Crippen LogP contribution in [0.2, 0.25) is 5.02 Å². The number of nitrogens with zero attached hydrogens (tertiary/aromatic N) is 3. The van der Waals surface area contributed by atoms with Gasteiger partial charge in [0.25, 0.3) is 5.91 Å². The molecule has 3 aromatic rings. The van der Waals surface area contributed by atoms with Crippen LogP contribution in [-0.2, 0) is 0 Å². The predicted molar refractivity (Wildman–Crippen MR) is 97.3 cm³/mol. The molecule has 0 aliphatic carbocycles. The second-order valence-electron chi connectivity index (χ2n) is 5.62. The van der Waals surface area contributed by atoms with Crippen LogP contribution < -0.4 is 0 Å². The van der Waals surface area contributed by atoms with Crippen molar-refractivity contribution < 1.29 is 6.22 Å². The first-order valence-corrected chi connectivity index (χ1v) is 8.49. The second kappa shape index (κ2) is 7.05. The van der Waals surface area contributed by atoms with Gasteiger partial charge in [-0.15, -0.1) is 0 Å². The highest BCUT2D eigenvalue weighted by molar-refractivity contribution is 6.36. The molecular formula is C17H22ClN5O. The van der Waals surface area contributed by atoms with Gasteiger partial charge in [-0.3, -0.25) is 4.79 Å². The van der Waals surface area contributed by atoms with Crippen molar-refractivity contribution in [1.29, 1.82) is 0 Å². The Bertz CT molecular complexity index is 860. The lowest BCUT2D eigenvalue weighted by Crippen LogP contribution is -2.31. The molecule has 0 spiro atoms. The van der Waals surface area contributed by atoms with E-state index >= 15 is 0 Å². The Morgan fingerprint density at radius 3 is 2.88 bits per heavy atom. The number of nitrogens with one attached hydrogen (secondary N) is 2. The van der Waals surface area contributed by atoms with Crippen molar-refractivity contribution in [2.75, 3.05) is 13.1 Å². The summed E-state index contributed by atoms with van der Waals surface area (Å²) in [5, 5.41) is 1.32. The first-order valence-electron chi connectivity index (χ1n) is 8.11. The predicted octanol–water partition coefficient (Wildman–Crippen LogP) is 4.11. The number of hydrogen-bond donors (Lipinski definition) is 2. The number of carbonyl (C=O) groups excluding carboxylic acids is 1. The van der Waals surface area contributed by atoms with E-state index in [0.29, 0.717) is 28.6 Å². The average molecular weight is 348 g/mol. The average Bonchev–Trinajstić information content (AvgIpc) is 3.23. The van der Waals surface area contributed by atoms with Crippen molar-refractivity contribution in [2.45, 2.75) is 26.7 Å². The van der Waals surface area contributed by atoms with Crippen molar-refractivity contribution in [3.63, 3.8) is 0 Å². The Labute approximate surface area is 146 Å². The first-order chi connectivity index (χ1) is 11.7. The van der Waals surface area contributed by atoms with Crippen LogP contribution in [0.25, 0.3) is 22.3 Å². The zero-order chi connectivity index (χ0) is 17.1. The van der Waals surface area contributed by atoms with E-state index in [1.165, 1.54) is 6.33 Å². The molecule has 2 N–H and O–H groups in total.